The highest BCUT2D eigenvalue weighted by atomic mass is 19.4. The predicted octanol–water partition coefficient (Wildman–Crippen LogP) is 4.19. The second-order valence-corrected chi connectivity index (χ2v) is 10.9. The molecule has 3 atom stereocenters. The van der Waals surface area contributed by atoms with Gasteiger partial charge in [-0.1, -0.05) is 0 Å². The standard InChI is InChI=1S/C30H24F3N9O/c1-40-13-20(11-38-40)18-7-21(28-19(8-34)10-39-42(28)14-18)17-4-5-26(36-9-17)41-15-23-22(24(23)16-41)12-37-29(43)27-25(30(31,32)33)3-2-6-35-27/h2-7,9-11,13-14,22-24H,12,15-16H2,1H3,(H,37,43)/t22?,23-,24+. The maximum absolute atomic E-state index is 13.3. The Morgan fingerprint density at radius 2 is 1.86 bits per heavy atom. The van der Waals surface area contributed by atoms with Crippen molar-refractivity contribution in [1.82, 2.24) is 34.7 Å². The van der Waals surface area contributed by atoms with Gasteiger partial charge in [-0.05, 0) is 48.1 Å². The van der Waals surface area contributed by atoms with Crippen LogP contribution >= 0.6 is 0 Å². The summed E-state index contributed by atoms with van der Waals surface area (Å²) in [4.78, 5) is 23.1. The zero-order valence-corrected chi connectivity index (χ0v) is 22.8. The summed E-state index contributed by atoms with van der Waals surface area (Å²) in [5.41, 5.74) is 3.02. The molecule has 1 saturated carbocycles. The van der Waals surface area contributed by atoms with Gasteiger partial charge in [0.2, 0.25) is 0 Å². The number of pyridine rings is 3. The molecule has 216 valence electrons. The highest BCUT2D eigenvalue weighted by Crippen LogP contribution is 2.52. The number of hydrogen-bond donors (Lipinski definition) is 1. The Balaban J connectivity index is 1.04. The van der Waals surface area contributed by atoms with Crippen molar-refractivity contribution in [3.8, 4) is 28.3 Å². The van der Waals surface area contributed by atoms with Crippen LogP contribution in [0.1, 0.15) is 21.6 Å². The Morgan fingerprint density at radius 1 is 1.05 bits per heavy atom. The maximum atomic E-state index is 13.3. The van der Waals surface area contributed by atoms with Crippen LogP contribution in [0.2, 0.25) is 0 Å². The summed E-state index contributed by atoms with van der Waals surface area (Å²) in [6, 6.07) is 10.2. The van der Waals surface area contributed by atoms with E-state index in [2.05, 4.69) is 31.5 Å². The minimum absolute atomic E-state index is 0.201. The molecule has 43 heavy (non-hydrogen) atoms. The van der Waals surface area contributed by atoms with Gasteiger partial charge in [0, 0.05) is 73.7 Å². The van der Waals surface area contributed by atoms with Crippen LogP contribution < -0.4 is 10.2 Å². The monoisotopic (exact) mass is 583 g/mol. The van der Waals surface area contributed by atoms with E-state index < -0.39 is 23.3 Å². The lowest BCUT2D eigenvalue weighted by molar-refractivity contribution is -0.138. The second kappa shape index (κ2) is 9.94. The quantitative estimate of drug-likeness (QED) is 0.319. The number of nitrogens with zero attached hydrogens (tertiary/aromatic N) is 8. The van der Waals surface area contributed by atoms with E-state index in [-0.39, 0.29) is 5.92 Å². The Kier molecular flexibility index (Phi) is 6.16. The number of aromatic nitrogens is 6. The molecular weight excluding hydrogens is 559 g/mol. The topological polar surface area (TPSA) is 117 Å². The van der Waals surface area contributed by atoms with Gasteiger partial charge in [-0.2, -0.15) is 28.6 Å². The van der Waals surface area contributed by atoms with Gasteiger partial charge in [-0.15, -0.1) is 0 Å². The first kappa shape index (κ1) is 26.6. The molecule has 5 aromatic rings. The summed E-state index contributed by atoms with van der Waals surface area (Å²) in [5.74, 6) is 0.857. The van der Waals surface area contributed by atoms with Crippen LogP contribution in [-0.4, -0.2) is 54.9 Å². The zero-order chi connectivity index (χ0) is 29.9. The van der Waals surface area contributed by atoms with Crippen molar-refractivity contribution in [3.63, 3.8) is 0 Å². The van der Waals surface area contributed by atoms with Gasteiger partial charge in [-0.3, -0.25) is 14.5 Å². The molecule has 0 bridgehead atoms. The van der Waals surface area contributed by atoms with E-state index in [0.717, 1.165) is 47.2 Å². The van der Waals surface area contributed by atoms with Crippen LogP contribution in [0.4, 0.5) is 19.0 Å². The maximum Gasteiger partial charge on any atom is 0.418 e. The number of fused-ring (bicyclic) bond motifs is 2. The summed E-state index contributed by atoms with van der Waals surface area (Å²) in [5, 5.41) is 21.0. The summed E-state index contributed by atoms with van der Waals surface area (Å²) in [6.07, 6.45) is 5.44. The van der Waals surface area contributed by atoms with Crippen LogP contribution in [0.15, 0.2) is 67.5 Å². The molecule has 0 aromatic carbocycles. The van der Waals surface area contributed by atoms with Gasteiger partial charge in [0.15, 0.2) is 0 Å². The van der Waals surface area contributed by atoms with E-state index in [9.17, 15) is 23.2 Å². The van der Waals surface area contributed by atoms with E-state index in [0.29, 0.717) is 29.5 Å². The highest BCUT2D eigenvalue weighted by molar-refractivity contribution is 5.94. The fourth-order valence-electron chi connectivity index (χ4n) is 6.13. The smallest absolute Gasteiger partial charge is 0.356 e. The van der Waals surface area contributed by atoms with Crippen molar-refractivity contribution >= 4 is 17.2 Å². The van der Waals surface area contributed by atoms with E-state index >= 15 is 0 Å². The minimum Gasteiger partial charge on any atom is -0.356 e. The molecule has 2 fully saturated rings. The Labute approximate surface area is 243 Å². The number of rotatable bonds is 6. The number of hydrogen-bond acceptors (Lipinski definition) is 7. The number of alkyl halides is 3. The van der Waals surface area contributed by atoms with Crippen molar-refractivity contribution in [3.05, 3.63) is 84.3 Å². The summed E-state index contributed by atoms with van der Waals surface area (Å²) < 4.78 is 43.2. The predicted molar refractivity (Wildman–Crippen MR) is 150 cm³/mol. The molecule has 6 heterocycles. The molecule has 1 unspecified atom stereocenters. The van der Waals surface area contributed by atoms with Gasteiger partial charge in [0.25, 0.3) is 5.91 Å². The lowest BCUT2D eigenvalue weighted by Gasteiger charge is -2.21. The number of amides is 1. The van der Waals surface area contributed by atoms with Crippen molar-refractivity contribution in [2.24, 2.45) is 24.8 Å². The molecule has 1 saturated heterocycles. The molecule has 1 aliphatic heterocycles. The largest absolute Gasteiger partial charge is 0.418 e. The van der Waals surface area contributed by atoms with Gasteiger partial charge >= 0.3 is 6.18 Å². The van der Waals surface area contributed by atoms with E-state index in [4.69, 9.17) is 4.98 Å². The molecule has 5 aromatic heterocycles. The molecular formula is C30H24F3N9O. The third-order valence-electron chi connectivity index (χ3n) is 8.35. The van der Waals surface area contributed by atoms with Gasteiger partial charge < -0.3 is 10.2 Å². The molecule has 7 rings (SSSR count). The number of anilines is 1. The Morgan fingerprint density at radius 3 is 2.53 bits per heavy atom. The van der Waals surface area contributed by atoms with Crippen LogP contribution in [-0.2, 0) is 13.2 Å². The van der Waals surface area contributed by atoms with Gasteiger partial charge in [0.05, 0.1) is 29.0 Å². The van der Waals surface area contributed by atoms with E-state index in [1.807, 2.05) is 37.6 Å². The fraction of sp³-hybridized carbons (Fsp3) is 0.267. The first-order valence-corrected chi connectivity index (χ1v) is 13.6. The third kappa shape index (κ3) is 4.74. The number of halogens is 3. The molecule has 1 N–H and O–H groups in total. The number of aryl methyl sites for hydroxylation is 1. The average Bonchev–Trinajstić information content (AvgIpc) is 3.44. The molecule has 13 heteroatoms. The van der Waals surface area contributed by atoms with E-state index in [1.165, 1.54) is 12.3 Å². The molecule has 2 aliphatic rings. The molecule has 0 radical (unpaired) electrons. The van der Waals surface area contributed by atoms with E-state index in [1.54, 1.807) is 27.8 Å². The summed E-state index contributed by atoms with van der Waals surface area (Å²) >= 11 is 0. The third-order valence-corrected chi connectivity index (χ3v) is 8.35. The number of piperidine rings is 1. The van der Waals surface area contributed by atoms with Crippen molar-refractivity contribution in [2.45, 2.75) is 6.18 Å². The number of carbonyl (C=O) groups is 1. The molecule has 1 aliphatic carbocycles. The van der Waals surface area contributed by atoms with Crippen molar-refractivity contribution in [2.75, 3.05) is 24.5 Å². The van der Waals surface area contributed by atoms with Crippen LogP contribution in [0.3, 0.4) is 0 Å². The first-order valence-electron chi connectivity index (χ1n) is 13.6. The Hall–Kier alpha value is -5.25. The second-order valence-electron chi connectivity index (χ2n) is 10.9. The molecule has 10 nitrogen and oxygen atoms in total. The summed E-state index contributed by atoms with van der Waals surface area (Å²) in [7, 11) is 1.85. The molecule has 0 spiro atoms. The zero-order valence-electron chi connectivity index (χ0n) is 22.8. The van der Waals surface area contributed by atoms with Gasteiger partial charge in [-0.25, -0.2) is 9.50 Å². The minimum atomic E-state index is -4.65. The highest BCUT2D eigenvalue weighted by Gasteiger charge is 2.55. The lowest BCUT2D eigenvalue weighted by atomic mass is 10.0. The summed E-state index contributed by atoms with van der Waals surface area (Å²) in [6.45, 7) is 1.80. The number of nitriles is 1. The van der Waals surface area contributed by atoms with Crippen LogP contribution in [0.25, 0.3) is 27.8 Å². The number of nitrogens with one attached hydrogen (secondary N) is 1. The SMILES string of the molecule is Cn1cc(-c2cc(-c3ccc(N4C[C@@H]5C(CNC(=O)c6ncccc6C(F)(F)F)[C@@H]5C4)nc3)c3c(C#N)cnn3c2)cn1. The molecule has 1 amide bonds. The van der Waals surface area contributed by atoms with Crippen molar-refractivity contribution < 1.29 is 18.0 Å². The first-order chi connectivity index (χ1) is 20.7. The normalized spacial score (nSPS) is 19.3. The van der Waals surface area contributed by atoms with Gasteiger partial charge in [0.1, 0.15) is 17.6 Å². The average molecular weight is 584 g/mol. The lowest BCUT2D eigenvalue weighted by Crippen LogP contribution is -2.32. The van der Waals surface area contributed by atoms with Crippen molar-refractivity contribution in [1.29, 1.82) is 5.26 Å². The Bertz CT molecular complexity index is 1890. The fourth-order valence-corrected chi connectivity index (χ4v) is 6.13. The number of carbonyl (C=O) groups excluding carboxylic acids is 1. The van der Waals surface area contributed by atoms with Crippen LogP contribution in [0.5, 0.6) is 0 Å². The van der Waals surface area contributed by atoms with Crippen LogP contribution in [0, 0.1) is 29.1 Å².